The van der Waals surface area contributed by atoms with Crippen LogP contribution < -0.4 is 10.2 Å². The summed E-state index contributed by atoms with van der Waals surface area (Å²) in [6.45, 7) is 0. The van der Waals surface area contributed by atoms with Gasteiger partial charge in [-0.3, -0.25) is 4.98 Å². The Labute approximate surface area is 158 Å². The summed E-state index contributed by atoms with van der Waals surface area (Å²) in [4.78, 5) is 7.98. The highest BCUT2D eigenvalue weighted by Crippen LogP contribution is 2.44. The van der Waals surface area contributed by atoms with Gasteiger partial charge in [-0.15, -0.1) is 11.3 Å². The van der Waals surface area contributed by atoms with E-state index in [2.05, 4.69) is 55.4 Å². The summed E-state index contributed by atoms with van der Waals surface area (Å²) in [5.41, 5.74) is 2.08. The molecule has 1 aliphatic rings. The molecule has 1 aliphatic heterocycles. The summed E-state index contributed by atoms with van der Waals surface area (Å²) in [7, 11) is 0. The van der Waals surface area contributed by atoms with E-state index in [1.807, 2.05) is 42.6 Å². The molecule has 0 amide bonds. The Morgan fingerprint density at radius 2 is 1.83 bits per heavy atom. The highest BCUT2D eigenvalue weighted by atomic mass is 79.9. The number of thiocarbonyl (C=S) groups is 1. The largest absolute Gasteiger partial charge is 0.351 e. The van der Waals surface area contributed by atoms with Crippen LogP contribution in [0, 0.1) is 0 Å². The van der Waals surface area contributed by atoms with Gasteiger partial charge in [-0.2, -0.15) is 0 Å². The van der Waals surface area contributed by atoms with Crippen LogP contribution >= 0.6 is 39.5 Å². The minimum Gasteiger partial charge on any atom is -0.351 e. The molecule has 1 fully saturated rings. The first kappa shape index (κ1) is 15.7. The Bertz CT molecular complexity index is 851. The maximum absolute atomic E-state index is 5.66. The number of para-hydroxylation sites is 1. The van der Waals surface area contributed by atoms with Crippen LogP contribution in [0.15, 0.2) is 70.6 Å². The van der Waals surface area contributed by atoms with Gasteiger partial charge in [0.25, 0.3) is 0 Å². The number of benzene rings is 1. The first-order valence-electron chi connectivity index (χ1n) is 7.55. The zero-order valence-corrected chi connectivity index (χ0v) is 15.8. The normalized spacial score (nSPS) is 20.2. The highest BCUT2D eigenvalue weighted by molar-refractivity contribution is 9.11. The second-order valence-electron chi connectivity index (χ2n) is 5.47. The summed E-state index contributed by atoms with van der Waals surface area (Å²) in [6.07, 6.45) is 1.83. The minimum atomic E-state index is 0.0180. The lowest BCUT2D eigenvalue weighted by molar-refractivity contribution is 0.575. The van der Waals surface area contributed by atoms with Crippen LogP contribution in [0.25, 0.3) is 0 Å². The Morgan fingerprint density at radius 1 is 1.04 bits per heavy atom. The Morgan fingerprint density at radius 3 is 2.50 bits per heavy atom. The fraction of sp³-hybridized carbons (Fsp3) is 0.111. The highest BCUT2D eigenvalue weighted by Gasteiger charge is 2.41. The second-order valence-corrected chi connectivity index (χ2v) is 8.36. The number of thiophene rings is 1. The van der Waals surface area contributed by atoms with E-state index in [-0.39, 0.29) is 12.1 Å². The average Bonchev–Trinajstić information content (AvgIpc) is 3.19. The second kappa shape index (κ2) is 6.63. The lowest BCUT2D eigenvalue weighted by Gasteiger charge is -2.26. The van der Waals surface area contributed by atoms with E-state index in [1.165, 1.54) is 4.88 Å². The zero-order valence-electron chi connectivity index (χ0n) is 12.6. The monoisotopic (exact) mass is 415 g/mol. The van der Waals surface area contributed by atoms with E-state index in [0.717, 1.165) is 20.3 Å². The van der Waals surface area contributed by atoms with Crippen molar-refractivity contribution in [1.82, 2.24) is 10.3 Å². The summed E-state index contributed by atoms with van der Waals surface area (Å²) in [6, 6.07) is 20.6. The van der Waals surface area contributed by atoms with Crippen molar-refractivity contribution in [3.63, 3.8) is 0 Å². The van der Waals surface area contributed by atoms with E-state index >= 15 is 0 Å². The molecule has 0 unspecified atom stereocenters. The molecule has 24 heavy (non-hydrogen) atoms. The Hall–Kier alpha value is -1.76. The van der Waals surface area contributed by atoms with Crippen molar-refractivity contribution in [3.8, 4) is 0 Å². The molecule has 3 nitrogen and oxygen atoms in total. The van der Waals surface area contributed by atoms with Crippen LogP contribution in [0.3, 0.4) is 0 Å². The van der Waals surface area contributed by atoms with Crippen LogP contribution in [-0.4, -0.2) is 10.1 Å². The first-order valence-corrected chi connectivity index (χ1v) is 9.57. The third kappa shape index (κ3) is 2.85. The predicted octanol–water partition coefficient (Wildman–Crippen LogP) is 5.08. The number of nitrogens with zero attached hydrogens (tertiary/aromatic N) is 2. The van der Waals surface area contributed by atoms with Crippen LogP contribution in [0.4, 0.5) is 5.69 Å². The van der Waals surface area contributed by atoms with E-state index in [9.17, 15) is 0 Å². The molecule has 2 atom stereocenters. The zero-order chi connectivity index (χ0) is 16.5. The molecule has 3 heterocycles. The van der Waals surface area contributed by atoms with Crippen LogP contribution in [0.5, 0.6) is 0 Å². The van der Waals surface area contributed by atoms with Crippen molar-refractivity contribution in [3.05, 3.63) is 81.2 Å². The number of anilines is 1. The summed E-state index contributed by atoms with van der Waals surface area (Å²) in [5.74, 6) is 0. The number of hydrogen-bond donors (Lipinski definition) is 1. The molecule has 1 N–H and O–H groups in total. The molecule has 6 heteroatoms. The topological polar surface area (TPSA) is 28.2 Å². The minimum absolute atomic E-state index is 0.0180. The third-order valence-corrected chi connectivity index (χ3v) is 6.03. The fourth-order valence-electron chi connectivity index (χ4n) is 3.00. The van der Waals surface area contributed by atoms with Crippen molar-refractivity contribution < 1.29 is 0 Å². The summed E-state index contributed by atoms with van der Waals surface area (Å²) < 4.78 is 1.11. The Kier molecular flexibility index (Phi) is 4.35. The SMILES string of the molecule is S=C1N[C@@H](c2ccccn2)[C@@H](c2ccc(Br)s2)N1c1ccccc1. The lowest BCUT2D eigenvalue weighted by atomic mass is 10.0. The molecule has 0 radical (unpaired) electrons. The van der Waals surface area contributed by atoms with Gasteiger partial charge in [0.05, 0.1) is 21.6 Å². The van der Waals surface area contributed by atoms with Gasteiger partial charge < -0.3 is 10.2 Å². The molecule has 0 saturated carbocycles. The summed E-state index contributed by atoms with van der Waals surface area (Å²) in [5, 5.41) is 4.19. The third-order valence-electron chi connectivity index (χ3n) is 4.02. The van der Waals surface area contributed by atoms with E-state index in [0.29, 0.717) is 0 Å². The average molecular weight is 416 g/mol. The van der Waals surface area contributed by atoms with Crippen molar-refractivity contribution in [2.75, 3.05) is 4.90 Å². The lowest BCUT2D eigenvalue weighted by Crippen LogP contribution is -2.28. The van der Waals surface area contributed by atoms with Crippen molar-refractivity contribution in [1.29, 1.82) is 0 Å². The van der Waals surface area contributed by atoms with Gasteiger partial charge in [-0.05, 0) is 64.5 Å². The van der Waals surface area contributed by atoms with E-state index < -0.39 is 0 Å². The molecular formula is C18H14BrN3S2. The molecule has 2 aromatic heterocycles. The quantitative estimate of drug-likeness (QED) is 0.603. The smallest absolute Gasteiger partial charge is 0.174 e. The number of hydrogen-bond acceptors (Lipinski definition) is 3. The van der Waals surface area contributed by atoms with Gasteiger partial charge in [-0.1, -0.05) is 24.3 Å². The molecule has 3 aromatic rings. The molecule has 4 rings (SSSR count). The van der Waals surface area contributed by atoms with E-state index in [1.54, 1.807) is 11.3 Å². The number of pyridine rings is 1. The maximum atomic E-state index is 5.66. The van der Waals surface area contributed by atoms with Crippen LogP contribution in [-0.2, 0) is 0 Å². The summed E-state index contributed by atoms with van der Waals surface area (Å²) >= 11 is 11.0. The molecule has 0 spiro atoms. The number of rotatable bonds is 3. The fourth-order valence-corrected chi connectivity index (χ4v) is 4.90. The molecular weight excluding hydrogens is 402 g/mol. The predicted molar refractivity (Wildman–Crippen MR) is 106 cm³/mol. The van der Waals surface area contributed by atoms with Gasteiger partial charge in [-0.25, -0.2) is 0 Å². The molecule has 1 saturated heterocycles. The number of halogens is 1. The number of aromatic nitrogens is 1. The number of nitrogens with one attached hydrogen (secondary N) is 1. The van der Waals surface area contributed by atoms with Crippen molar-refractivity contribution in [2.24, 2.45) is 0 Å². The van der Waals surface area contributed by atoms with Gasteiger partial charge in [0.15, 0.2) is 5.11 Å². The maximum Gasteiger partial charge on any atom is 0.174 e. The standard InChI is InChI=1S/C18H14BrN3S2/c19-15-10-9-14(24-15)17-16(13-8-4-5-11-20-13)21-18(23)22(17)12-6-2-1-3-7-12/h1-11,16-17H,(H,21,23)/t16-,17+/m0/s1. The van der Waals surface area contributed by atoms with E-state index in [4.69, 9.17) is 12.2 Å². The molecule has 0 aliphatic carbocycles. The first-order chi connectivity index (χ1) is 11.7. The van der Waals surface area contributed by atoms with Gasteiger partial charge in [0.2, 0.25) is 0 Å². The van der Waals surface area contributed by atoms with Crippen LogP contribution in [0.1, 0.15) is 22.7 Å². The van der Waals surface area contributed by atoms with Crippen molar-refractivity contribution >= 4 is 50.3 Å². The molecule has 1 aromatic carbocycles. The molecule has 120 valence electrons. The van der Waals surface area contributed by atoms with Crippen molar-refractivity contribution in [2.45, 2.75) is 12.1 Å². The van der Waals surface area contributed by atoms with Crippen LogP contribution in [0.2, 0.25) is 0 Å². The van der Waals surface area contributed by atoms with Gasteiger partial charge in [0, 0.05) is 16.8 Å². The molecule has 0 bridgehead atoms. The van der Waals surface area contributed by atoms with Gasteiger partial charge >= 0.3 is 0 Å². The van der Waals surface area contributed by atoms with Gasteiger partial charge in [0.1, 0.15) is 0 Å². The Balaban J connectivity index is 1.82.